The first-order valence-electron chi connectivity index (χ1n) is 10.3. The summed E-state index contributed by atoms with van der Waals surface area (Å²) in [6, 6.07) is 16.4. The van der Waals surface area contributed by atoms with E-state index in [4.69, 9.17) is 4.52 Å². The summed E-state index contributed by atoms with van der Waals surface area (Å²) in [5.74, 6) is 0.293. The number of sulfonamides is 1. The lowest BCUT2D eigenvalue weighted by atomic mass is 9.98. The Bertz CT molecular complexity index is 1100. The molecule has 0 radical (unpaired) electrons. The van der Waals surface area contributed by atoms with Crippen LogP contribution in [0.15, 0.2) is 57.9 Å². The molecule has 1 aromatic heterocycles. The summed E-state index contributed by atoms with van der Waals surface area (Å²) in [7, 11) is -3.71. The first-order valence-corrected chi connectivity index (χ1v) is 11.7. The van der Waals surface area contributed by atoms with Gasteiger partial charge in [0.1, 0.15) is 10.6 Å². The van der Waals surface area contributed by atoms with E-state index >= 15 is 0 Å². The molecule has 0 saturated carbocycles. The largest absolute Gasteiger partial charge is 0.360 e. The molecule has 0 amide bonds. The van der Waals surface area contributed by atoms with E-state index in [1.54, 1.807) is 13.8 Å². The lowest BCUT2D eigenvalue weighted by Gasteiger charge is -2.15. The van der Waals surface area contributed by atoms with E-state index in [1.807, 2.05) is 24.3 Å². The molecule has 3 aromatic rings. The summed E-state index contributed by atoms with van der Waals surface area (Å²) in [6.45, 7) is 6.76. The number of nitrogens with one attached hydrogen (secondary N) is 1. The Morgan fingerprint density at radius 3 is 2.40 bits per heavy atom. The zero-order chi connectivity index (χ0) is 21.1. The highest BCUT2D eigenvalue weighted by Gasteiger charge is 2.24. The van der Waals surface area contributed by atoms with Crippen molar-refractivity contribution >= 4 is 10.0 Å². The van der Waals surface area contributed by atoms with Gasteiger partial charge in [-0.2, -0.15) is 0 Å². The third-order valence-electron chi connectivity index (χ3n) is 5.58. The standard InChI is InChI=1S/C23H27N3O3S/c1-17-23(18(2)29-25-17)30(27,28)24-15-21-7-3-4-8-22(21)20-11-9-19(10-12-20)16-26-13-5-6-14-26/h3-4,7-12,24H,5-6,13-16H2,1-2H3. The highest BCUT2D eigenvalue weighted by Crippen LogP contribution is 2.26. The van der Waals surface area contributed by atoms with Crippen molar-refractivity contribution in [3.63, 3.8) is 0 Å². The minimum atomic E-state index is -3.71. The fourth-order valence-electron chi connectivity index (χ4n) is 4.05. The molecule has 0 bridgehead atoms. The van der Waals surface area contributed by atoms with Gasteiger partial charge in [-0.3, -0.25) is 4.90 Å². The second-order valence-corrected chi connectivity index (χ2v) is 9.52. The first kappa shape index (κ1) is 20.8. The maximum absolute atomic E-state index is 12.7. The lowest BCUT2D eigenvalue weighted by molar-refractivity contribution is 0.331. The fraction of sp³-hybridized carbons (Fsp3) is 0.348. The van der Waals surface area contributed by atoms with Crippen molar-refractivity contribution in [2.45, 2.75) is 44.7 Å². The van der Waals surface area contributed by atoms with Gasteiger partial charge in [0.2, 0.25) is 10.0 Å². The summed E-state index contributed by atoms with van der Waals surface area (Å²) in [4.78, 5) is 2.60. The maximum Gasteiger partial charge on any atom is 0.246 e. The van der Waals surface area contributed by atoms with Crippen LogP contribution in [-0.4, -0.2) is 31.6 Å². The van der Waals surface area contributed by atoms with E-state index in [-0.39, 0.29) is 11.4 Å². The summed E-state index contributed by atoms with van der Waals surface area (Å²) < 4.78 is 33.2. The minimum Gasteiger partial charge on any atom is -0.360 e. The van der Waals surface area contributed by atoms with Gasteiger partial charge in [-0.25, -0.2) is 13.1 Å². The smallest absolute Gasteiger partial charge is 0.246 e. The molecule has 0 aliphatic carbocycles. The van der Waals surface area contributed by atoms with Crippen LogP contribution in [0.3, 0.4) is 0 Å². The zero-order valence-electron chi connectivity index (χ0n) is 17.4. The van der Waals surface area contributed by atoms with Gasteiger partial charge in [0.15, 0.2) is 5.76 Å². The molecule has 0 unspecified atom stereocenters. The van der Waals surface area contributed by atoms with Crippen molar-refractivity contribution in [1.82, 2.24) is 14.8 Å². The molecule has 2 heterocycles. The van der Waals surface area contributed by atoms with Gasteiger partial charge in [0.05, 0.1) is 0 Å². The molecule has 158 valence electrons. The van der Waals surface area contributed by atoms with Gasteiger partial charge in [-0.1, -0.05) is 53.7 Å². The molecule has 7 heteroatoms. The van der Waals surface area contributed by atoms with E-state index in [0.717, 1.165) is 23.2 Å². The van der Waals surface area contributed by atoms with Crippen LogP contribution in [0, 0.1) is 13.8 Å². The second kappa shape index (κ2) is 8.71. The molecule has 4 rings (SSSR count). The number of aromatic nitrogens is 1. The van der Waals surface area contributed by atoms with Crippen LogP contribution in [0.4, 0.5) is 0 Å². The van der Waals surface area contributed by atoms with Crippen LogP contribution in [0.2, 0.25) is 0 Å². The molecule has 30 heavy (non-hydrogen) atoms. The number of hydrogen-bond acceptors (Lipinski definition) is 5. The Morgan fingerprint density at radius 2 is 1.73 bits per heavy atom. The number of likely N-dealkylation sites (tertiary alicyclic amines) is 1. The summed E-state index contributed by atoms with van der Waals surface area (Å²) >= 11 is 0. The molecular weight excluding hydrogens is 398 g/mol. The van der Waals surface area contributed by atoms with Crippen LogP contribution in [0.25, 0.3) is 11.1 Å². The molecule has 1 N–H and O–H groups in total. The van der Waals surface area contributed by atoms with E-state index in [1.165, 1.54) is 31.5 Å². The van der Waals surface area contributed by atoms with Crippen molar-refractivity contribution in [2.75, 3.05) is 13.1 Å². The molecule has 1 aliphatic heterocycles. The number of benzene rings is 2. The zero-order valence-corrected chi connectivity index (χ0v) is 18.2. The first-order chi connectivity index (χ1) is 14.4. The Hall–Kier alpha value is -2.48. The Labute approximate surface area is 177 Å². The van der Waals surface area contributed by atoms with E-state index in [2.05, 4.69) is 39.0 Å². The number of nitrogens with zero attached hydrogens (tertiary/aromatic N) is 2. The van der Waals surface area contributed by atoms with E-state index < -0.39 is 10.0 Å². The highest BCUT2D eigenvalue weighted by atomic mass is 32.2. The molecule has 1 aliphatic rings. The van der Waals surface area contributed by atoms with Crippen LogP contribution >= 0.6 is 0 Å². The molecule has 6 nitrogen and oxygen atoms in total. The molecule has 0 spiro atoms. The van der Waals surface area contributed by atoms with Gasteiger partial charge in [0, 0.05) is 13.1 Å². The lowest BCUT2D eigenvalue weighted by Crippen LogP contribution is -2.24. The second-order valence-electron chi connectivity index (χ2n) is 7.82. The Morgan fingerprint density at radius 1 is 1.03 bits per heavy atom. The Kier molecular flexibility index (Phi) is 6.04. The summed E-state index contributed by atoms with van der Waals surface area (Å²) in [5, 5.41) is 3.75. The number of rotatable bonds is 7. The molecule has 0 atom stereocenters. The predicted molar refractivity (Wildman–Crippen MR) is 116 cm³/mol. The van der Waals surface area contributed by atoms with Gasteiger partial charge in [0.25, 0.3) is 0 Å². The highest BCUT2D eigenvalue weighted by molar-refractivity contribution is 7.89. The van der Waals surface area contributed by atoms with Crippen molar-refractivity contribution in [1.29, 1.82) is 0 Å². The van der Waals surface area contributed by atoms with Crippen molar-refractivity contribution in [2.24, 2.45) is 0 Å². The van der Waals surface area contributed by atoms with Crippen LogP contribution in [-0.2, 0) is 23.1 Å². The molecular formula is C23H27N3O3S. The van der Waals surface area contributed by atoms with Gasteiger partial charge >= 0.3 is 0 Å². The number of aryl methyl sites for hydroxylation is 2. The van der Waals surface area contributed by atoms with Gasteiger partial charge < -0.3 is 4.52 Å². The normalized spacial score (nSPS) is 15.0. The van der Waals surface area contributed by atoms with Crippen LogP contribution in [0.5, 0.6) is 0 Å². The van der Waals surface area contributed by atoms with Crippen LogP contribution < -0.4 is 4.72 Å². The maximum atomic E-state index is 12.7. The predicted octanol–water partition coefficient (Wildman–Crippen LogP) is 4.03. The average Bonchev–Trinajstić information content (AvgIpc) is 3.37. The van der Waals surface area contributed by atoms with Crippen LogP contribution in [0.1, 0.15) is 35.4 Å². The number of hydrogen-bond donors (Lipinski definition) is 1. The minimum absolute atomic E-state index is 0.117. The monoisotopic (exact) mass is 425 g/mol. The van der Waals surface area contributed by atoms with E-state index in [0.29, 0.717) is 11.5 Å². The van der Waals surface area contributed by atoms with Crippen molar-refractivity contribution < 1.29 is 12.9 Å². The Balaban J connectivity index is 1.51. The topological polar surface area (TPSA) is 75.4 Å². The third-order valence-corrected chi connectivity index (χ3v) is 7.22. The average molecular weight is 426 g/mol. The molecule has 2 aromatic carbocycles. The van der Waals surface area contributed by atoms with Crippen molar-refractivity contribution in [3.8, 4) is 11.1 Å². The molecule has 1 saturated heterocycles. The summed E-state index contributed by atoms with van der Waals surface area (Å²) in [5.41, 5.74) is 4.68. The summed E-state index contributed by atoms with van der Waals surface area (Å²) in [6.07, 6.45) is 2.57. The quantitative estimate of drug-likeness (QED) is 0.618. The van der Waals surface area contributed by atoms with E-state index in [9.17, 15) is 8.42 Å². The van der Waals surface area contributed by atoms with Gasteiger partial charge in [-0.15, -0.1) is 0 Å². The third kappa shape index (κ3) is 4.48. The molecule has 1 fully saturated rings. The van der Waals surface area contributed by atoms with Gasteiger partial charge in [-0.05, 0) is 62.0 Å². The van der Waals surface area contributed by atoms with Crippen molar-refractivity contribution in [3.05, 3.63) is 71.1 Å². The fourth-order valence-corrected chi connectivity index (χ4v) is 5.38. The SMILES string of the molecule is Cc1noc(C)c1S(=O)(=O)NCc1ccccc1-c1ccc(CN2CCCC2)cc1.